The lowest BCUT2D eigenvalue weighted by Gasteiger charge is -2.34. The van der Waals surface area contributed by atoms with Crippen LogP contribution in [0.3, 0.4) is 0 Å². The second kappa shape index (κ2) is 7.28. The normalized spacial score (nSPS) is 24.9. The molecule has 0 aromatic rings. The van der Waals surface area contributed by atoms with Crippen LogP contribution in [0.1, 0.15) is 65.2 Å². The van der Waals surface area contributed by atoms with E-state index in [0.717, 1.165) is 25.9 Å². The van der Waals surface area contributed by atoms with Gasteiger partial charge in [0.05, 0.1) is 6.04 Å². The minimum Gasteiger partial charge on any atom is -0.338 e. The van der Waals surface area contributed by atoms with Crippen LogP contribution in [0.5, 0.6) is 0 Å². The van der Waals surface area contributed by atoms with Crippen LogP contribution in [0.4, 0.5) is 0 Å². The van der Waals surface area contributed by atoms with Gasteiger partial charge in [0.2, 0.25) is 5.91 Å². The van der Waals surface area contributed by atoms with Crippen LogP contribution in [-0.2, 0) is 4.79 Å². The third-order valence-electron chi connectivity index (χ3n) is 4.60. The summed E-state index contributed by atoms with van der Waals surface area (Å²) < 4.78 is 0. The first-order valence-electron chi connectivity index (χ1n) is 8.22. The zero-order valence-corrected chi connectivity index (χ0v) is 12.7. The molecule has 0 radical (unpaired) electrons. The van der Waals surface area contributed by atoms with Crippen molar-refractivity contribution in [1.82, 2.24) is 10.2 Å². The molecule has 0 aromatic carbocycles. The topological polar surface area (TPSA) is 32.3 Å². The highest BCUT2D eigenvalue weighted by molar-refractivity contribution is 5.82. The van der Waals surface area contributed by atoms with Crippen molar-refractivity contribution in [2.45, 2.75) is 77.3 Å². The maximum Gasteiger partial charge on any atom is 0.239 e. The zero-order chi connectivity index (χ0) is 13.7. The monoisotopic (exact) mass is 266 g/mol. The summed E-state index contributed by atoms with van der Waals surface area (Å²) in [7, 11) is 0. The number of amides is 1. The van der Waals surface area contributed by atoms with Crippen molar-refractivity contribution < 1.29 is 4.79 Å². The van der Waals surface area contributed by atoms with E-state index in [0.29, 0.717) is 17.9 Å². The van der Waals surface area contributed by atoms with Crippen LogP contribution >= 0.6 is 0 Å². The van der Waals surface area contributed by atoms with Gasteiger partial charge < -0.3 is 10.2 Å². The van der Waals surface area contributed by atoms with E-state index in [4.69, 9.17) is 0 Å². The van der Waals surface area contributed by atoms with E-state index in [1.165, 1.54) is 38.5 Å². The number of piperidine rings is 1. The average Bonchev–Trinajstić information content (AvgIpc) is 2.93. The zero-order valence-electron chi connectivity index (χ0n) is 12.7. The molecule has 3 nitrogen and oxygen atoms in total. The third kappa shape index (κ3) is 4.20. The highest BCUT2D eigenvalue weighted by Gasteiger charge is 2.31. The Labute approximate surface area is 118 Å². The number of carbonyl (C=O) groups excluding carboxylic acids is 1. The van der Waals surface area contributed by atoms with Crippen molar-refractivity contribution in [3.63, 3.8) is 0 Å². The molecule has 3 heteroatoms. The predicted molar refractivity (Wildman–Crippen MR) is 79.1 cm³/mol. The molecule has 1 heterocycles. The Morgan fingerprint density at radius 2 is 1.84 bits per heavy atom. The standard InChI is InChI=1S/C16H30N2O/c1-13(2)10-12-18(14-7-3-4-8-14)16(19)15-9-5-6-11-17-15/h13-15,17H,3-12H2,1-2H3. The molecule has 2 fully saturated rings. The molecule has 1 saturated carbocycles. The minimum absolute atomic E-state index is 0.0986. The second-order valence-corrected chi connectivity index (χ2v) is 6.65. The smallest absolute Gasteiger partial charge is 0.239 e. The number of rotatable bonds is 5. The molecular weight excluding hydrogens is 236 g/mol. The predicted octanol–water partition coefficient (Wildman–Crippen LogP) is 2.95. The Morgan fingerprint density at radius 3 is 2.42 bits per heavy atom. The van der Waals surface area contributed by atoms with Gasteiger partial charge in [-0.25, -0.2) is 0 Å². The van der Waals surface area contributed by atoms with Crippen LogP contribution in [0.2, 0.25) is 0 Å². The van der Waals surface area contributed by atoms with Crippen LogP contribution in [0.15, 0.2) is 0 Å². The molecule has 2 rings (SSSR count). The number of nitrogens with one attached hydrogen (secondary N) is 1. The molecule has 0 bridgehead atoms. The lowest BCUT2D eigenvalue weighted by Crippen LogP contribution is -2.51. The van der Waals surface area contributed by atoms with Crippen molar-refractivity contribution in [2.24, 2.45) is 5.92 Å². The number of carbonyl (C=O) groups is 1. The fourth-order valence-electron chi connectivity index (χ4n) is 3.35. The second-order valence-electron chi connectivity index (χ2n) is 6.65. The van der Waals surface area contributed by atoms with Crippen molar-refractivity contribution >= 4 is 5.91 Å². The van der Waals surface area contributed by atoms with E-state index in [2.05, 4.69) is 24.1 Å². The molecule has 1 aliphatic heterocycles. The number of nitrogens with zero attached hydrogens (tertiary/aromatic N) is 1. The summed E-state index contributed by atoms with van der Waals surface area (Å²) in [5.41, 5.74) is 0. The molecule has 1 N–H and O–H groups in total. The fourth-order valence-corrected chi connectivity index (χ4v) is 3.35. The summed E-state index contributed by atoms with van der Waals surface area (Å²) in [5.74, 6) is 1.06. The first-order valence-corrected chi connectivity index (χ1v) is 8.22. The Kier molecular flexibility index (Phi) is 5.68. The largest absolute Gasteiger partial charge is 0.338 e. The van der Waals surface area contributed by atoms with Crippen LogP contribution in [-0.4, -0.2) is 36.0 Å². The molecule has 0 aromatic heterocycles. The first-order chi connectivity index (χ1) is 9.18. The Hall–Kier alpha value is -0.570. The van der Waals surface area contributed by atoms with Crippen molar-refractivity contribution in [3.8, 4) is 0 Å². The SMILES string of the molecule is CC(C)CCN(C(=O)C1CCCCN1)C1CCCC1. The van der Waals surface area contributed by atoms with Crippen molar-refractivity contribution in [2.75, 3.05) is 13.1 Å². The fraction of sp³-hybridized carbons (Fsp3) is 0.938. The lowest BCUT2D eigenvalue weighted by atomic mass is 10.0. The van der Waals surface area contributed by atoms with Gasteiger partial charge in [0, 0.05) is 12.6 Å². The lowest BCUT2D eigenvalue weighted by molar-refractivity contribution is -0.136. The highest BCUT2D eigenvalue weighted by Crippen LogP contribution is 2.25. The van der Waals surface area contributed by atoms with E-state index in [-0.39, 0.29) is 6.04 Å². The molecule has 110 valence electrons. The summed E-state index contributed by atoms with van der Waals surface area (Å²) in [4.78, 5) is 15.0. The Morgan fingerprint density at radius 1 is 1.16 bits per heavy atom. The number of hydrogen-bond acceptors (Lipinski definition) is 2. The average molecular weight is 266 g/mol. The molecular formula is C16H30N2O. The van der Waals surface area contributed by atoms with E-state index < -0.39 is 0 Å². The van der Waals surface area contributed by atoms with Crippen LogP contribution in [0, 0.1) is 5.92 Å². The van der Waals surface area contributed by atoms with Gasteiger partial charge in [-0.05, 0) is 44.6 Å². The highest BCUT2D eigenvalue weighted by atomic mass is 16.2. The van der Waals surface area contributed by atoms with Gasteiger partial charge >= 0.3 is 0 Å². The molecule has 1 unspecified atom stereocenters. The molecule has 19 heavy (non-hydrogen) atoms. The summed E-state index contributed by atoms with van der Waals surface area (Å²) >= 11 is 0. The van der Waals surface area contributed by atoms with E-state index in [1.54, 1.807) is 0 Å². The summed E-state index contributed by atoms with van der Waals surface area (Å²) in [6.07, 6.45) is 9.62. The van der Waals surface area contributed by atoms with Gasteiger partial charge in [-0.2, -0.15) is 0 Å². The number of hydrogen-bond donors (Lipinski definition) is 1. The molecule has 1 atom stereocenters. The quantitative estimate of drug-likeness (QED) is 0.830. The van der Waals surface area contributed by atoms with Gasteiger partial charge in [-0.1, -0.05) is 33.1 Å². The molecule has 1 amide bonds. The first kappa shape index (κ1) is 14.8. The van der Waals surface area contributed by atoms with Gasteiger partial charge in [0.25, 0.3) is 0 Å². The Balaban J connectivity index is 1.95. The van der Waals surface area contributed by atoms with Gasteiger partial charge in [-0.3, -0.25) is 4.79 Å². The van der Waals surface area contributed by atoms with E-state index in [1.807, 2.05) is 0 Å². The summed E-state index contributed by atoms with van der Waals surface area (Å²) in [6.45, 7) is 6.46. The van der Waals surface area contributed by atoms with E-state index in [9.17, 15) is 4.79 Å². The maximum atomic E-state index is 12.8. The molecule has 0 spiro atoms. The third-order valence-corrected chi connectivity index (χ3v) is 4.60. The van der Waals surface area contributed by atoms with E-state index >= 15 is 0 Å². The van der Waals surface area contributed by atoms with Crippen LogP contribution in [0.25, 0.3) is 0 Å². The summed E-state index contributed by atoms with van der Waals surface area (Å²) in [6, 6.07) is 0.622. The van der Waals surface area contributed by atoms with Crippen molar-refractivity contribution in [3.05, 3.63) is 0 Å². The minimum atomic E-state index is 0.0986. The molecule has 1 saturated heterocycles. The summed E-state index contributed by atoms with van der Waals surface area (Å²) in [5, 5.41) is 3.42. The van der Waals surface area contributed by atoms with Gasteiger partial charge in [0.1, 0.15) is 0 Å². The molecule has 2 aliphatic rings. The Bertz CT molecular complexity index is 278. The van der Waals surface area contributed by atoms with Gasteiger partial charge in [-0.15, -0.1) is 0 Å². The van der Waals surface area contributed by atoms with Crippen molar-refractivity contribution in [1.29, 1.82) is 0 Å². The maximum absolute atomic E-state index is 12.8. The van der Waals surface area contributed by atoms with Gasteiger partial charge in [0.15, 0.2) is 0 Å². The molecule has 1 aliphatic carbocycles. The van der Waals surface area contributed by atoms with Crippen LogP contribution < -0.4 is 5.32 Å².